The van der Waals surface area contributed by atoms with Crippen LogP contribution >= 0.6 is 34.2 Å². The van der Waals surface area contributed by atoms with Gasteiger partial charge in [-0.25, -0.2) is 4.98 Å². The molecular weight excluding hydrogens is 314 g/mol. The van der Waals surface area contributed by atoms with E-state index in [1.165, 1.54) is 0 Å². The van der Waals surface area contributed by atoms with Gasteiger partial charge in [-0.2, -0.15) is 4.98 Å². The van der Waals surface area contributed by atoms with Gasteiger partial charge >= 0.3 is 0 Å². The van der Waals surface area contributed by atoms with Crippen molar-refractivity contribution in [1.82, 2.24) is 14.5 Å². The summed E-state index contributed by atoms with van der Waals surface area (Å²) in [6.45, 7) is 2.88. The summed E-state index contributed by atoms with van der Waals surface area (Å²) < 4.78 is 3.05. The molecule has 0 unspecified atom stereocenters. The summed E-state index contributed by atoms with van der Waals surface area (Å²) in [6.07, 6.45) is 1.99. The van der Waals surface area contributed by atoms with Gasteiger partial charge in [-0.15, -0.1) is 0 Å². The average molecular weight is 323 g/mol. The molecule has 4 nitrogen and oxygen atoms in total. The Morgan fingerprint density at radius 2 is 2.29 bits per heavy atom. The largest absolute Gasteiger partial charge is 0.368 e. The number of hydrogen-bond acceptors (Lipinski definition) is 3. The molecule has 0 aliphatic rings. The van der Waals surface area contributed by atoms with Crippen molar-refractivity contribution in [3.05, 3.63) is 14.9 Å². The molecule has 2 aromatic heterocycles. The molecule has 0 saturated carbocycles. The highest BCUT2D eigenvalue weighted by molar-refractivity contribution is 14.1. The Balaban J connectivity index is 2.89. The Kier molecular flexibility index (Phi) is 2.52. The lowest BCUT2D eigenvalue weighted by Gasteiger charge is -2.00. The summed E-state index contributed by atoms with van der Waals surface area (Å²) in [7, 11) is 0. The fraction of sp³-hybridized carbons (Fsp3) is 0.250. The summed E-state index contributed by atoms with van der Waals surface area (Å²) in [6, 6.07) is 0. The van der Waals surface area contributed by atoms with E-state index in [0.717, 1.165) is 21.1 Å². The van der Waals surface area contributed by atoms with Crippen molar-refractivity contribution in [3.63, 3.8) is 0 Å². The molecule has 0 bridgehead atoms. The standard InChI is InChI=1S/C8H8ClIN4/c1-2-14-3-4(10)5-6(9)12-8(11)13-7(5)14/h3H,2H2,1H3,(H2,11,12,13). The number of hydrogen-bond donors (Lipinski definition) is 1. The van der Waals surface area contributed by atoms with Gasteiger partial charge in [0.25, 0.3) is 0 Å². The Hall–Kier alpha value is -0.560. The van der Waals surface area contributed by atoms with Crippen molar-refractivity contribution in [3.8, 4) is 0 Å². The third-order valence-electron chi connectivity index (χ3n) is 1.98. The molecule has 74 valence electrons. The molecule has 14 heavy (non-hydrogen) atoms. The van der Waals surface area contributed by atoms with Gasteiger partial charge in [-0.05, 0) is 29.5 Å². The Bertz CT molecular complexity index is 494. The van der Waals surface area contributed by atoms with Crippen molar-refractivity contribution < 1.29 is 0 Å². The zero-order valence-corrected chi connectivity index (χ0v) is 10.4. The number of aromatic nitrogens is 3. The van der Waals surface area contributed by atoms with Gasteiger partial charge in [0, 0.05) is 16.3 Å². The predicted octanol–water partition coefficient (Wildman–Crippen LogP) is 2.29. The first kappa shape index (κ1) is 9.97. The van der Waals surface area contributed by atoms with Crippen LogP contribution in [0.25, 0.3) is 11.0 Å². The second-order valence-corrected chi connectivity index (χ2v) is 4.35. The molecule has 0 saturated heterocycles. The van der Waals surface area contributed by atoms with Crippen LogP contribution in [0.15, 0.2) is 6.20 Å². The second-order valence-electron chi connectivity index (χ2n) is 2.83. The zero-order valence-electron chi connectivity index (χ0n) is 7.46. The lowest BCUT2D eigenvalue weighted by Crippen LogP contribution is -1.99. The first-order valence-electron chi connectivity index (χ1n) is 4.10. The third-order valence-corrected chi connectivity index (χ3v) is 3.08. The van der Waals surface area contributed by atoms with Crippen molar-refractivity contribution in [1.29, 1.82) is 0 Å². The van der Waals surface area contributed by atoms with Gasteiger partial charge < -0.3 is 10.3 Å². The van der Waals surface area contributed by atoms with Crippen LogP contribution in [0, 0.1) is 3.57 Å². The Morgan fingerprint density at radius 3 is 2.93 bits per heavy atom. The number of fused-ring (bicyclic) bond motifs is 1. The van der Waals surface area contributed by atoms with Crippen LogP contribution in [0.2, 0.25) is 5.15 Å². The smallest absolute Gasteiger partial charge is 0.223 e. The lowest BCUT2D eigenvalue weighted by atomic mass is 10.4. The summed E-state index contributed by atoms with van der Waals surface area (Å²) in [4.78, 5) is 8.09. The van der Waals surface area contributed by atoms with Gasteiger partial charge in [0.2, 0.25) is 5.95 Å². The third kappa shape index (κ3) is 1.44. The molecule has 0 fully saturated rings. The minimum Gasteiger partial charge on any atom is -0.368 e. The molecule has 0 amide bonds. The van der Waals surface area contributed by atoms with Gasteiger partial charge in [0.05, 0.1) is 5.39 Å². The van der Waals surface area contributed by atoms with E-state index in [1.54, 1.807) is 0 Å². The van der Waals surface area contributed by atoms with E-state index in [4.69, 9.17) is 17.3 Å². The van der Waals surface area contributed by atoms with E-state index in [9.17, 15) is 0 Å². The summed E-state index contributed by atoms with van der Waals surface area (Å²) in [5.41, 5.74) is 6.34. The van der Waals surface area contributed by atoms with Crippen LogP contribution in [0.4, 0.5) is 5.95 Å². The number of anilines is 1. The number of rotatable bonds is 1. The van der Waals surface area contributed by atoms with E-state index < -0.39 is 0 Å². The molecule has 0 aromatic carbocycles. The zero-order chi connectivity index (χ0) is 10.3. The van der Waals surface area contributed by atoms with Crippen LogP contribution in [0.3, 0.4) is 0 Å². The van der Waals surface area contributed by atoms with Crippen LogP contribution in [0.5, 0.6) is 0 Å². The van der Waals surface area contributed by atoms with Crippen LogP contribution in [-0.4, -0.2) is 14.5 Å². The molecule has 2 N–H and O–H groups in total. The monoisotopic (exact) mass is 322 g/mol. The quantitative estimate of drug-likeness (QED) is 0.647. The first-order valence-corrected chi connectivity index (χ1v) is 5.56. The van der Waals surface area contributed by atoms with Crippen molar-refractivity contribution in [2.75, 3.05) is 5.73 Å². The van der Waals surface area contributed by atoms with Crippen molar-refractivity contribution in [2.45, 2.75) is 13.5 Å². The number of nitrogens with zero attached hydrogens (tertiary/aromatic N) is 3. The average Bonchev–Trinajstić information content (AvgIpc) is 2.42. The minimum absolute atomic E-state index is 0.215. The Labute approximate surface area is 99.6 Å². The van der Waals surface area contributed by atoms with E-state index in [1.807, 2.05) is 17.7 Å². The molecule has 0 aliphatic carbocycles. The van der Waals surface area contributed by atoms with E-state index in [-0.39, 0.29) is 5.95 Å². The number of nitrogens with two attached hydrogens (primary N) is 1. The van der Waals surface area contributed by atoms with Gasteiger partial charge in [-0.1, -0.05) is 11.6 Å². The SMILES string of the molecule is CCn1cc(I)c2c(Cl)nc(N)nc21. The topological polar surface area (TPSA) is 56.7 Å². The number of nitrogen functional groups attached to an aromatic ring is 1. The summed E-state index contributed by atoms with van der Waals surface area (Å²) in [5.74, 6) is 0.215. The normalized spacial score (nSPS) is 11.1. The van der Waals surface area contributed by atoms with E-state index >= 15 is 0 Å². The highest BCUT2D eigenvalue weighted by Gasteiger charge is 2.12. The van der Waals surface area contributed by atoms with Gasteiger partial charge in [0.1, 0.15) is 10.8 Å². The lowest BCUT2D eigenvalue weighted by molar-refractivity contribution is 0.786. The van der Waals surface area contributed by atoms with E-state index in [2.05, 4.69) is 32.6 Å². The molecule has 0 radical (unpaired) electrons. The highest BCUT2D eigenvalue weighted by Crippen LogP contribution is 2.27. The predicted molar refractivity (Wildman–Crippen MR) is 65.3 cm³/mol. The summed E-state index contributed by atoms with van der Waals surface area (Å²) in [5, 5.41) is 1.30. The second kappa shape index (κ2) is 3.54. The maximum Gasteiger partial charge on any atom is 0.223 e. The molecule has 0 aliphatic heterocycles. The summed E-state index contributed by atoms with van der Waals surface area (Å²) >= 11 is 8.20. The first-order chi connectivity index (χ1) is 6.63. The maximum atomic E-state index is 5.99. The minimum atomic E-state index is 0.215. The van der Waals surface area contributed by atoms with E-state index in [0.29, 0.717) is 5.15 Å². The Morgan fingerprint density at radius 1 is 1.57 bits per heavy atom. The molecule has 2 heterocycles. The molecule has 2 rings (SSSR count). The van der Waals surface area contributed by atoms with Crippen molar-refractivity contribution >= 4 is 51.2 Å². The van der Waals surface area contributed by atoms with Crippen LogP contribution in [-0.2, 0) is 6.54 Å². The molecule has 6 heteroatoms. The van der Waals surface area contributed by atoms with Gasteiger partial charge in [0.15, 0.2) is 0 Å². The fourth-order valence-electron chi connectivity index (χ4n) is 1.35. The molecule has 0 atom stereocenters. The number of halogens is 2. The maximum absolute atomic E-state index is 5.99. The van der Waals surface area contributed by atoms with Crippen LogP contribution in [0.1, 0.15) is 6.92 Å². The van der Waals surface area contributed by atoms with Crippen LogP contribution < -0.4 is 5.73 Å². The fourth-order valence-corrected chi connectivity index (χ4v) is 2.62. The molecular formula is C8H8ClIN4. The van der Waals surface area contributed by atoms with Crippen molar-refractivity contribution in [2.24, 2.45) is 0 Å². The number of aryl methyl sites for hydroxylation is 1. The highest BCUT2D eigenvalue weighted by atomic mass is 127. The molecule has 2 aromatic rings. The van der Waals surface area contributed by atoms with Gasteiger partial charge in [-0.3, -0.25) is 0 Å². The molecule has 0 spiro atoms.